The van der Waals surface area contributed by atoms with Crippen LogP contribution >= 0.6 is 11.6 Å². The van der Waals surface area contributed by atoms with Gasteiger partial charge in [-0.25, -0.2) is 9.59 Å². The van der Waals surface area contributed by atoms with Gasteiger partial charge in [0.25, 0.3) is 0 Å². The summed E-state index contributed by atoms with van der Waals surface area (Å²) >= 11 is 6.05. The van der Waals surface area contributed by atoms with Crippen LogP contribution in [0.25, 0.3) is 0 Å². The fourth-order valence-electron chi connectivity index (χ4n) is 3.10. The highest BCUT2D eigenvalue weighted by Gasteiger charge is 2.61. The number of hydrogen-bond acceptors (Lipinski definition) is 7. The highest BCUT2D eigenvalue weighted by Crippen LogP contribution is 2.46. The molecule has 0 saturated heterocycles. The van der Waals surface area contributed by atoms with Crippen molar-refractivity contribution in [3.05, 3.63) is 53.1 Å². The van der Waals surface area contributed by atoms with Crippen molar-refractivity contribution in [2.45, 2.75) is 25.5 Å². The number of carbonyl (C=O) groups excluding carboxylic acids is 2. The molecule has 148 valence electrons. The Morgan fingerprint density at radius 3 is 2.39 bits per heavy atom. The summed E-state index contributed by atoms with van der Waals surface area (Å²) in [4.78, 5) is 26.0. The van der Waals surface area contributed by atoms with E-state index in [1.165, 1.54) is 12.1 Å². The van der Waals surface area contributed by atoms with Crippen LogP contribution in [0.2, 0.25) is 5.02 Å². The average Bonchev–Trinajstić information content (AvgIpc) is 2.67. The Morgan fingerprint density at radius 2 is 1.79 bits per heavy atom. The second kappa shape index (κ2) is 7.98. The largest absolute Gasteiger partial charge is 0.508 e. The number of hydrogen-bond donors (Lipinski definition) is 2. The molecule has 0 radical (unpaired) electrons. The van der Waals surface area contributed by atoms with Gasteiger partial charge in [-0.15, -0.1) is 0 Å². The van der Waals surface area contributed by atoms with E-state index in [1.807, 2.05) is 0 Å². The topological polar surface area (TPSA) is 94.1 Å². The summed E-state index contributed by atoms with van der Waals surface area (Å²) in [6.07, 6.45) is 0. The summed E-state index contributed by atoms with van der Waals surface area (Å²) in [7, 11) is 0. The number of phenolic OH excluding ortho intramolecular Hbond substituents is 1. The number of anilines is 1. The summed E-state index contributed by atoms with van der Waals surface area (Å²) < 4.78 is 16.3. The first kappa shape index (κ1) is 19.8. The maximum Gasteiger partial charge on any atom is 0.365 e. The molecule has 28 heavy (non-hydrogen) atoms. The van der Waals surface area contributed by atoms with Crippen molar-refractivity contribution in [1.82, 2.24) is 0 Å². The Kier molecular flexibility index (Phi) is 5.65. The van der Waals surface area contributed by atoms with E-state index in [1.54, 1.807) is 44.2 Å². The molecule has 0 fully saturated rings. The zero-order valence-electron chi connectivity index (χ0n) is 15.4. The maximum absolute atomic E-state index is 13.0. The fraction of sp³-hybridized carbons (Fsp3) is 0.300. The maximum atomic E-state index is 13.0. The lowest BCUT2D eigenvalue weighted by molar-refractivity contribution is -0.182. The van der Waals surface area contributed by atoms with E-state index in [4.69, 9.17) is 25.8 Å². The minimum absolute atomic E-state index is 0.0270. The molecule has 0 aliphatic carbocycles. The van der Waals surface area contributed by atoms with Gasteiger partial charge in [0.05, 0.1) is 18.9 Å². The molecule has 1 aliphatic rings. The molecule has 7 nitrogen and oxygen atoms in total. The Morgan fingerprint density at radius 1 is 1.14 bits per heavy atom. The van der Waals surface area contributed by atoms with Gasteiger partial charge in [-0.05, 0) is 32.0 Å². The van der Waals surface area contributed by atoms with Crippen molar-refractivity contribution < 1.29 is 28.9 Å². The zero-order valence-corrected chi connectivity index (χ0v) is 16.2. The Labute approximate surface area is 167 Å². The highest BCUT2D eigenvalue weighted by molar-refractivity contribution is 6.30. The Balaban J connectivity index is 2.24. The normalized spacial score (nSPS) is 16.9. The van der Waals surface area contributed by atoms with Crippen LogP contribution in [0, 0.1) is 0 Å². The molecule has 2 aromatic carbocycles. The number of aromatic hydroxyl groups is 1. The van der Waals surface area contributed by atoms with E-state index in [9.17, 15) is 14.7 Å². The SMILES string of the molecule is CCOC(=O)C1(C(=O)OCC)Oc2cc(Cl)ccc2NC1c1ccccc1O. The number of benzene rings is 2. The van der Waals surface area contributed by atoms with E-state index in [2.05, 4.69) is 5.32 Å². The standard InChI is InChI=1S/C20H20ClNO6/c1-3-26-18(24)20(19(25)27-4-2)17(13-7-5-6-8-15(13)23)22-14-10-9-12(21)11-16(14)28-20/h5-11,17,22-23H,3-4H2,1-2H3. The van der Waals surface area contributed by atoms with Crippen LogP contribution in [0.1, 0.15) is 25.5 Å². The van der Waals surface area contributed by atoms with Crippen LogP contribution < -0.4 is 10.1 Å². The number of halogens is 1. The van der Waals surface area contributed by atoms with Crippen LogP contribution in [0.15, 0.2) is 42.5 Å². The number of fused-ring (bicyclic) bond motifs is 1. The molecule has 8 heteroatoms. The van der Waals surface area contributed by atoms with Crippen LogP contribution in [0.4, 0.5) is 5.69 Å². The van der Waals surface area contributed by atoms with E-state index in [0.29, 0.717) is 10.7 Å². The molecule has 1 unspecified atom stereocenters. The summed E-state index contributed by atoms with van der Waals surface area (Å²) in [6.45, 7) is 3.29. The van der Waals surface area contributed by atoms with Crippen molar-refractivity contribution in [2.75, 3.05) is 18.5 Å². The average molecular weight is 406 g/mol. The monoisotopic (exact) mass is 405 g/mol. The third-order valence-corrected chi connectivity index (χ3v) is 4.56. The van der Waals surface area contributed by atoms with Gasteiger partial charge in [0.15, 0.2) is 0 Å². The third kappa shape index (κ3) is 3.33. The van der Waals surface area contributed by atoms with Gasteiger partial charge in [-0.2, -0.15) is 0 Å². The van der Waals surface area contributed by atoms with Crippen molar-refractivity contribution in [3.8, 4) is 11.5 Å². The number of nitrogens with one attached hydrogen (secondary N) is 1. The zero-order chi connectivity index (χ0) is 20.3. The molecule has 0 amide bonds. The van der Waals surface area contributed by atoms with Crippen molar-refractivity contribution >= 4 is 29.2 Å². The smallest absolute Gasteiger partial charge is 0.365 e. The van der Waals surface area contributed by atoms with Gasteiger partial charge >= 0.3 is 17.5 Å². The lowest BCUT2D eigenvalue weighted by Gasteiger charge is -2.41. The molecular weight excluding hydrogens is 386 g/mol. The molecule has 1 atom stereocenters. The second-order valence-electron chi connectivity index (χ2n) is 6.06. The van der Waals surface area contributed by atoms with E-state index in [0.717, 1.165) is 0 Å². The number of carbonyl (C=O) groups is 2. The summed E-state index contributed by atoms with van der Waals surface area (Å²) in [6, 6.07) is 10.0. The highest BCUT2D eigenvalue weighted by atomic mass is 35.5. The van der Waals surface area contributed by atoms with E-state index < -0.39 is 23.6 Å². The molecule has 2 N–H and O–H groups in total. The number of rotatable bonds is 5. The van der Waals surface area contributed by atoms with Crippen LogP contribution in [0.3, 0.4) is 0 Å². The lowest BCUT2D eigenvalue weighted by atomic mass is 9.85. The van der Waals surface area contributed by atoms with Gasteiger partial charge in [-0.1, -0.05) is 29.8 Å². The lowest BCUT2D eigenvalue weighted by Crippen LogP contribution is -2.61. The van der Waals surface area contributed by atoms with Crippen molar-refractivity contribution in [2.24, 2.45) is 0 Å². The fourth-order valence-corrected chi connectivity index (χ4v) is 3.26. The number of ether oxygens (including phenoxy) is 3. The Hall–Kier alpha value is -2.93. The minimum Gasteiger partial charge on any atom is -0.508 e. The first-order valence-corrected chi connectivity index (χ1v) is 9.19. The summed E-state index contributed by atoms with van der Waals surface area (Å²) in [5, 5.41) is 13.9. The molecule has 3 rings (SSSR count). The molecule has 0 bridgehead atoms. The first-order valence-electron chi connectivity index (χ1n) is 8.81. The van der Waals surface area contributed by atoms with Gasteiger partial charge in [0.1, 0.15) is 17.5 Å². The van der Waals surface area contributed by atoms with E-state index in [-0.39, 0.29) is 30.3 Å². The van der Waals surface area contributed by atoms with Crippen molar-refractivity contribution in [3.63, 3.8) is 0 Å². The molecule has 1 aliphatic heterocycles. The van der Waals surface area contributed by atoms with Gasteiger partial charge < -0.3 is 24.6 Å². The molecule has 2 aromatic rings. The van der Waals surface area contributed by atoms with Gasteiger partial charge in [-0.3, -0.25) is 0 Å². The molecule has 0 spiro atoms. The molecular formula is C20H20ClNO6. The first-order chi connectivity index (χ1) is 13.4. The van der Waals surface area contributed by atoms with Crippen LogP contribution in [-0.4, -0.2) is 35.9 Å². The number of esters is 2. The molecule has 1 heterocycles. The molecule has 0 saturated carbocycles. The van der Waals surface area contributed by atoms with Gasteiger partial charge in [0, 0.05) is 16.7 Å². The summed E-state index contributed by atoms with van der Waals surface area (Å²) in [5.41, 5.74) is -1.42. The van der Waals surface area contributed by atoms with E-state index >= 15 is 0 Å². The molecule has 0 aromatic heterocycles. The minimum atomic E-state index is -2.21. The summed E-state index contributed by atoms with van der Waals surface area (Å²) in [5.74, 6) is -1.78. The van der Waals surface area contributed by atoms with Crippen molar-refractivity contribution in [1.29, 1.82) is 0 Å². The van der Waals surface area contributed by atoms with Crippen LogP contribution in [0.5, 0.6) is 11.5 Å². The number of phenols is 1. The van der Waals surface area contributed by atoms with Gasteiger partial charge in [0.2, 0.25) is 0 Å². The predicted octanol–water partition coefficient (Wildman–Crippen LogP) is 3.46. The quantitative estimate of drug-likeness (QED) is 0.581. The Bertz CT molecular complexity index is 882. The number of para-hydroxylation sites is 1. The predicted molar refractivity (Wildman–Crippen MR) is 103 cm³/mol. The van der Waals surface area contributed by atoms with Crippen LogP contribution in [-0.2, 0) is 19.1 Å². The second-order valence-corrected chi connectivity index (χ2v) is 6.49. The third-order valence-electron chi connectivity index (χ3n) is 4.33.